The van der Waals surface area contributed by atoms with Gasteiger partial charge in [0.05, 0.1) is 18.9 Å². The predicted molar refractivity (Wildman–Crippen MR) is 66.4 cm³/mol. The van der Waals surface area contributed by atoms with Crippen LogP contribution in [0.25, 0.3) is 0 Å². The maximum absolute atomic E-state index is 12.2. The molecule has 0 saturated carbocycles. The molecule has 5 atom stereocenters. The Kier molecular flexibility index (Phi) is 3.22. The lowest BCUT2D eigenvalue weighted by atomic mass is 9.80. The molecule has 21 heavy (non-hydrogen) atoms. The van der Waals surface area contributed by atoms with E-state index in [-0.39, 0.29) is 0 Å². The maximum Gasteiger partial charge on any atom is 0.329 e. The molecule has 1 amide bonds. The van der Waals surface area contributed by atoms with Crippen molar-refractivity contribution in [1.82, 2.24) is 5.32 Å². The summed E-state index contributed by atoms with van der Waals surface area (Å²) < 4.78 is 11.4. The van der Waals surface area contributed by atoms with E-state index in [1.165, 1.54) is 0 Å². The van der Waals surface area contributed by atoms with Crippen molar-refractivity contribution >= 4 is 17.8 Å². The number of nitrogens with one attached hydrogen (secondary N) is 1. The van der Waals surface area contributed by atoms with Gasteiger partial charge < -0.3 is 25.0 Å². The SMILES string of the molecule is O=C(O)C[C@@]12O[C@H]3C=CCCO[C@H]3[C@@H]1C(=O)N[C@@H]2C(=O)O. The number of ether oxygens (including phenoxy) is 2. The Hall–Kier alpha value is -1.93. The fourth-order valence-corrected chi connectivity index (χ4v) is 3.44. The number of fused-ring (bicyclic) bond motifs is 3. The molecule has 3 heterocycles. The largest absolute Gasteiger partial charge is 0.481 e. The third-order valence-corrected chi connectivity index (χ3v) is 4.19. The van der Waals surface area contributed by atoms with Crippen LogP contribution in [0.2, 0.25) is 0 Å². The molecular weight excluding hydrogens is 282 g/mol. The highest BCUT2D eigenvalue weighted by atomic mass is 16.6. The number of hydrogen-bond donors (Lipinski definition) is 3. The lowest BCUT2D eigenvalue weighted by Crippen LogP contribution is -2.52. The molecule has 0 aliphatic carbocycles. The van der Waals surface area contributed by atoms with Crippen molar-refractivity contribution in [3.05, 3.63) is 12.2 Å². The standard InChI is InChI=1S/C13H15NO7/c15-7(16)5-13-8(11(17)14-10(13)12(18)19)9-6(21-13)3-1-2-4-20-9/h1,3,6,8-10H,2,4-5H2,(H,14,17)(H,15,16)(H,18,19)/t6-,8+,9+,10+,13+/m0/s1. The van der Waals surface area contributed by atoms with Gasteiger partial charge >= 0.3 is 11.9 Å². The third kappa shape index (κ3) is 2.02. The Morgan fingerprint density at radius 1 is 1.43 bits per heavy atom. The Bertz CT molecular complexity index is 531. The lowest BCUT2D eigenvalue weighted by Gasteiger charge is -2.29. The second-order valence-corrected chi connectivity index (χ2v) is 5.42. The minimum absolute atomic E-state index is 0.381. The smallest absolute Gasteiger partial charge is 0.329 e. The lowest BCUT2D eigenvalue weighted by molar-refractivity contribution is -0.155. The van der Waals surface area contributed by atoms with E-state index >= 15 is 0 Å². The second kappa shape index (κ2) is 4.81. The number of carbonyl (C=O) groups excluding carboxylic acids is 1. The minimum Gasteiger partial charge on any atom is -0.481 e. The second-order valence-electron chi connectivity index (χ2n) is 5.42. The first-order chi connectivity index (χ1) is 9.95. The van der Waals surface area contributed by atoms with Crippen LogP contribution < -0.4 is 5.32 Å². The number of rotatable bonds is 3. The summed E-state index contributed by atoms with van der Waals surface area (Å²) in [5, 5.41) is 20.7. The fraction of sp³-hybridized carbons (Fsp3) is 0.615. The van der Waals surface area contributed by atoms with Crippen LogP contribution in [0.3, 0.4) is 0 Å². The molecule has 3 rings (SSSR count). The number of hydrogen-bond acceptors (Lipinski definition) is 5. The molecule has 3 N–H and O–H groups in total. The summed E-state index contributed by atoms with van der Waals surface area (Å²) in [7, 11) is 0. The van der Waals surface area contributed by atoms with Crippen LogP contribution in [0.1, 0.15) is 12.8 Å². The van der Waals surface area contributed by atoms with Gasteiger partial charge in [0.1, 0.15) is 17.8 Å². The van der Waals surface area contributed by atoms with E-state index in [0.29, 0.717) is 13.0 Å². The van der Waals surface area contributed by atoms with Crippen molar-refractivity contribution in [2.45, 2.75) is 36.7 Å². The first-order valence-corrected chi connectivity index (χ1v) is 6.67. The van der Waals surface area contributed by atoms with Crippen LogP contribution in [0, 0.1) is 5.92 Å². The highest BCUT2D eigenvalue weighted by molar-refractivity contribution is 5.94. The zero-order chi connectivity index (χ0) is 15.2. The summed E-state index contributed by atoms with van der Waals surface area (Å²) >= 11 is 0. The fourth-order valence-electron chi connectivity index (χ4n) is 3.44. The first kappa shape index (κ1) is 14.0. The van der Waals surface area contributed by atoms with Gasteiger partial charge in [0.25, 0.3) is 0 Å². The van der Waals surface area contributed by atoms with E-state index in [1.807, 2.05) is 6.08 Å². The molecule has 0 radical (unpaired) electrons. The van der Waals surface area contributed by atoms with Gasteiger partial charge in [-0.3, -0.25) is 9.59 Å². The molecule has 0 bridgehead atoms. The summed E-state index contributed by atoms with van der Waals surface area (Å²) in [5.41, 5.74) is -1.62. The molecule has 0 aromatic carbocycles. The van der Waals surface area contributed by atoms with Crippen LogP contribution in [0.5, 0.6) is 0 Å². The van der Waals surface area contributed by atoms with Crippen molar-refractivity contribution < 1.29 is 34.1 Å². The van der Waals surface area contributed by atoms with E-state index in [0.717, 1.165) is 0 Å². The van der Waals surface area contributed by atoms with E-state index in [1.54, 1.807) is 6.08 Å². The normalized spacial score (nSPS) is 41.0. The molecule has 3 aliphatic heterocycles. The Balaban J connectivity index is 2.04. The highest BCUT2D eigenvalue weighted by Gasteiger charge is 2.69. The zero-order valence-corrected chi connectivity index (χ0v) is 11.0. The van der Waals surface area contributed by atoms with Crippen LogP contribution >= 0.6 is 0 Å². The molecule has 2 saturated heterocycles. The molecular formula is C13H15NO7. The summed E-state index contributed by atoms with van der Waals surface area (Å²) in [5.74, 6) is -4.01. The van der Waals surface area contributed by atoms with Crippen molar-refractivity contribution in [1.29, 1.82) is 0 Å². The molecule has 0 unspecified atom stereocenters. The molecule has 8 heteroatoms. The third-order valence-electron chi connectivity index (χ3n) is 4.19. The summed E-state index contributed by atoms with van der Waals surface area (Å²) in [6.45, 7) is 0.381. The van der Waals surface area contributed by atoms with Crippen molar-refractivity contribution in [2.24, 2.45) is 5.92 Å². The van der Waals surface area contributed by atoms with Crippen molar-refractivity contribution in [3.8, 4) is 0 Å². The van der Waals surface area contributed by atoms with E-state index in [2.05, 4.69) is 5.32 Å². The summed E-state index contributed by atoms with van der Waals surface area (Å²) in [6, 6.07) is -1.39. The first-order valence-electron chi connectivity index (χ1n) is 6.67. The molecule has 3 aliphatic rings. The van der Waals surface area contributed by atoms with Gasteiger partial charge in [-0.15, -0.1) is 0 Å². The topological polar surface area (TPSA) is 122 Å². The zero-order valence-electron chi connectivity index (χ0n) is 11.0. The summed E-state index contributed by atoms with van der Waals surface area (Å²) in [4.78, 5) is 34.7. The quantitative estimate of drug-likeness (QED) is 0.579. The van der Waals surface area contributed by atoms with Crippen LogP contribution in [0.15, 0.2) is 12.2 Å². The maximum atomic E-state index is 12.2. The molecule has 0 aromatic heterocycles. The number of aliphatic carboxylic acids is 2. The van der Waals surface area contributed by atoms with Gasteiger partial charge in [0.2, 0.25) is 5.91 Å². The van der Waals surface area contributed by atoms with E-state index in [9.17, 15) is 19.5 Å². The van der Waals surface area contributed by atoms with Gasteiger partial charge in [0, 0.05) is 0 Å². The van der Waals surface area contributed by atoms with Crippen molar-refractivity contribution in [2.75, 3.05) is 6.61 Å². The van der Waals surface area contributed by atoms with Crippen molar-refractivity contribution in [3.63, 3.8) is 0 Å². The van der Waals surface area contributed by atoms with Crippen LogP contribution in [0.4, 0.5) is 0 Å². The Labute approximate surface area is 119 Å². The van der Waals surface area contributed by atoms with Gasteiger partial charge in [-0.25, -0.2) is 4.79 Å². The average Bonchev–Trinajstić information content (AvgIpc) is 2.71. The number of carbonyl (C=O) groups is 3. The number of carboxylic acid groups (broad SMARTS) is 2. The molecule has 2 fully saturated rings. The highest BCUT2D eigenvalue weighted by Crippen LogP contribution is 2.47. The number of carboxylic acids is 2. The average molecular weight is 297 g/mol. The minimum atomic E-state index is -1.62. The number of amides is 1. The molecule has 8 nitrogen and oxygen atoms in total. The van der Waals surface area contributed by atoms with Crippen LogP contribution in [-0.2, 0) is 23.9 Å². The monoisotopic (exact) mass is 297 g/mol. The van der Waals surface area contributed by atoms with Crippen LogP contribution in [-0.4, -0.2) is 58.5 Å². The molecule has 0 spiro atoms. The van der Waals surface area contributed by atoms with Gasteiger partial charge in [-0.2, -0.15) is 0 Å². The Morgan fingerprint density at radius 2 is 2.19 bits per heavy atom. The molecule has 114 valence electrons. The summed E-state index contributed by atoms with van der Waals surface area (Å²) in [6.07, 6.45) is 2.37. The van der Waals surface area contributed by atoms with Gasteiger partial charge in [-0.05, 0) is 6.42 Å². The van der Waals surface area contributed by atoms with E-state index < -0.39 is 54.0 Å². The van der Waals surface area contributed by atoms with Gasteiger partial charge in [0.15, 0.2) is 6.04 Å². The molecule has 0 aromatic rings. The predicted octanol–water partition coefficient (Wildman–Crippen LogP) is -0.857. The van der Waals surface area contributed by atoms with E-state index in [4.69, 9.17) is 14.6 Å². The van der Waals surface area contributed by atoms with Gasteiger partial charge in [-0.1, -0.05) is 12.2 Å². The Morgan fingerprint density at radius 3 is 2.86 bits per heavy atom.